The van der Waals surface area contributed by atoms with Crippen molar-refractivity contribution < 1.29 is 110 Å². The largest absolute Gasteiger partial charge is 0.481 e. The van der Waals surface area contributed by atoms with Crippen molar-refractivity contribution in [1.82, 2.24) is 84.1 Å². The van der Waals surface area contributed by atoms with Gasteiger partial charge >= 0.3 is 12.0 Å². The maximum absolute atomic E-state index is 14.7. The molecule has 5 aliphatic rings. The zero-order valence-corrected chi connectivity index (χ0v) is 73.1. The average molecular weight is 1800 g/mol. The quantitative estimate of drug-likeness (QED) is 0.0207. The molecule has 0 unspecified atom stereocenters. The highest BCUT2D eigenvalue weighted by molar-refractivity contribution is 8.76. The second kappa shape index (κ2) is 57.0. The molecular formula is C82H124N16O23S3. The summed E-state index contributed by atoms with van der Waals surface area (Å²) in [5.74, 6) is -8.65. The van der Waals surface area contributed by atoms with E-state index in [4.69, 9.17) is 37.9 Å². The van der Waals surface area contributed by atoms with E-state index in [0.29, 0.717) is 109 Å². The number of rotatable bonds is 44. The van der Waals surface area contributed by atoms with Gasteiger partial charge in [-0.1, -0.05) is 72.0 Å². The van der Waals surface area contributed by atoms with Crippen molar-refractivity contribution in [3.05, 3.63) is 60.4 Å². The molecule has 124 heavy (non-hydrogen) atoms. The number of hydrogen-bond acceptors (Lipinski definition) is 27. The molecule has 1 saturated carbocycles. The van der Waals surface area contributed by atoms with Gasteiger partial charge in [-0.3, -0.25) is 67.3 Å². The Labute approximate surface area is 733 Å². The number of carbonyl (C=O) groups is 14. The highest BCUT2D eigenvalue weighted by atomic mass is 33.1. The molecule has 2 aromatic heterocycles. The van der Waals surface area contributed by atoms with Crippen molar-refractivity contribution in [2.24, 2.45) is 5.92 Å². The third-order valence-corrected chi connectivity index (χ3v) is 24.9. The molecule has 4 saturated heterocycles. The predicted molar refractivity (Wildman–Crippen MR) is 459 cm³/mol. The van der Waals surface area contributed by atoms with Crippen LogP contribution in [0.25, 0.3) is 10.8 Å². The SMILES string of the molecule is CC[C@@H]1NC(=O)[C@H]2CCSSCC[C@@H](NC(=O)[C@H](C)NC(=O)[C@H](NC(=O)CCOCCOCCOCCOCCOCCOCCOCCOCCCC(=O)CCCC[C@@H]3SC[C@@H]4NC(=O)N[C@@H]43)CCCCNC(=O)[C@H](Cc3cc4ccccc4cn3)NC1=O)C(=O)N[C@@H](Cc1cnc[nH]1)C(=O)N[C@@H](CC1CC1)C(=O)NCC(=O)N[C@@H](CCC(=O)O)C(=O)N2. The summed E-state index contributed by atoms with van der Waals surface area (Å²) >= 11 is 1.89. The van der Waals surface area contributed by atoms with E-state index in [0.717, 1.165) is 48.6 Å². The van der Waals surface area contributed by atoms with Gasteiger partial charge in [-0.2, -0.15) is 11.8 Å². The minimum absolute atomic E-state index is 0.00449. The zero-order chi connectivity index (χ0) is 88.6. The summed E-state index contributed by atoms with van der Waals surface area (Å²) in [6.07, 6.45) is 9.29. The van der Waals surface area contributed by atoms with Gasteiger partial charge < -0.3 is 117 Å². The number of aromatic amines is 1. The fourth-order valence-electron chi connectivity index (χ4n) is 13.8. The van der Waals surface area contributed by atoms with E-state index in [9.17, 15) is 72.2 Å². The number of carbonyl (C=O) groups excluding carboxylic acids is 13. The molecule has 0 spiro atoms. The van der Waals surface area contributed by atoms with Crippen molar-refractivity contribution in [2.75, 3.05) is 136 Å². The predicted octanol–water partition coefficient (Wildman–Crippen LogP) is 0.391. The van der Waals surface area contributed by atoms with E-state index in [1.54, 1.807) is 19.2 Å². The number of urea groups is 1. The lowest BCUT2D eigenvalue weighted by Crippen LogP contribution is -2.59. The van der Waals surface area contributed by atoms with Gasteiger partial charge in [-0.05, 0) is 94.9 Å². The van der Waals surface area contributed by atoms with E-state index < -0.39 is 145 Å². The van der Waals surface area contributed by atoms with Crippen molar-refractivity contribution in [3.63, 3.8) is 0 Å². The van der Waals surface area contributed by atoms with Crippen LogP contribution >= 0.6 is 33.3 Å². The van der Waals surface area contributed by atoms with Crippen molar-refractivity contribution in [3.8, 4) is 0 Å². The van der Waals surface area contributed by atoms with Gasteiger partial charge in [0, 0.05) is 103 Å². The summed E-state index contributed by atoms with van der Waals surface area (Å²) in [6.45, 7) is 7.45. The van der Waals surface area contributed by atoms with Crippen LogP contribution in [0, 0.1) is 5.92 Å². The van der Waals surface area contributed by atoms with Gasteiger partial charge in [0.25, 0.3) is 0 Å². The number of thioether (sulfide) groups is 1. The third kappa shape index (κ3) is 38.5. The van der Waals surface area contributed by atoms with Crippen LogP contribution in [0.2, 0.25) is 0 Å². The summed E-state index contributed by atoms with van der Waals surface area (Å²) in [5.41, 5.74) is 0.847. The number of aliphatic carboxylic acids is 1. The van der Waals surface area contributed by atoms with Gasteiger partial charge in [-0.15, -0.1) is 0 Å². The van der Waals surface area contributed by atoms with Crippen molar-refractivity contribution >= 4 is 127 Å². The number of amides is 13. The molecule has 8 rings (SSSR count). The number of imidazole rings is 1. The van der Waals surface area contributed by atoms with E-state index >= 15 is 0 Å². The number of hydrogen-bond donors (Lipinski definition) is 15. The average Bonchev–Trinajstić information content (AvgIpc) is 1.63. The van der Waals surface area contributed by atoms with Crippen molar-refractivity contribution in [1.29, 1.82) is 0 Å². The van der Waals surface area contributed by atoms with Crippen LogP contribution in [0.3, 0.4) is 0 Å². The molecule has 13 amide bonds. The summed E-state index contributed by atoms with van der Waals surface area (Å²) in [5, 5.41) is 47.3. The molecule has 688 valence electrons. The Morgan fingerprint density at radius 1 is 0.508 bits per heavy atom. The number of benzene rings is 1. The van der Waals surface area contributed by atoms with E-state index in [2.05, 4.69) is 84.1 Å². The number of ether oxygens (including phenoxy) is 8. The first kappa shape index (κ1) is 101. The number of carboxylic acids is 1. The van der Waals surface area contributed by atoms with Crippen LogP contribution in [-0.2, 0) is 113 Å². The number of unbranched alkanes of at least 4 members (excludes halogenated alkanes) is 1. The van der Waals surface area contributed by atoms with E-state index in [1.165, 1.54) is 41.0 Å². The fourth-order valence-corrected chi connectivity index (χ4v) is 17.5. The molecular weight excluding hydrogens is 1670 g/mol. The highest BCUT2D eigenvalue weighted by Gasteiger charge is 2.43. The minimum Gasteiger partial charge on any atom is -0.481 e. The van der Waals surface area contributed by atoms with Crippen molar-refractivity contribution in [2.45, 2.75) is 214 Å². The number of fused-ring (bicyclic) bond motifs is 9. The molecule has 1 aromatic carbocycles. The molecule has 0 radical (unpaired) electrons. The number of pyridine rings is 1. The molecule has 1 aliphatic carbocycles. The van der Waals surface area contributed by atoms with E-state index in [1.807, 2.05) is 36.0 Å². The lowest BCUT2D eigenvalue weighted by molar-refractivity contribution is -0.138. The molecule has 42 heteroatoms. The zero-order valence-electron chi connectivity index (χ0n) is 70.7. The second-order valence-electron chi connectivity index (χ2n) is 30.7. The first-order chi connectivity index (χ1) is 60.1. The highest BCUT2D eigenvalue weighted by Crippen LogP contribution is 2.35. The number of nitrogens with one attached hydrogen (secondary N) is 14. The molecule has 5 fully saturated rings. The monoisotopic (exact) mass is 1800 g/mol. The summed E-state index contributed by atoms with van der Waals surface area (Å²) in [4.78, 5) is 205. The standard InChI is InChI=1S/C82H124N16O23S3/c1-3-59-76(107)95-65(45-56-44-54-11-4-5-12-55(54)47-85-56)74(105)84-24-9-8-15-60(89-69(100)21-26-115-28-30-117-32-34-119-36-38-121-40-39-120-37-35-118-33-31-116-29-27-114-25-10-14-58(99)13-6-7-16-68-72-67(50-122-68)97-82(113)98-72)77(108)88-52(2)73(104)92-62-22-41-123-124-42-23-63(79(110)91-59)93-78(109)61(19-20-71(102)103)90-70(101)49-86-75(106)64(43-53-17-18-53)94-81(112)66(96-80(62)111)46-57-48-83-51-87-57/h4-5,11-12,44,47-48,51-53,59-68,72H,3,6-10,13-43,45-46,49-50H2,1-2H3,(H,83,87)(H,84,105)(H,86,106)(H,88,108)(H,89,100)(H,90,101)(H,91,110)(H,92,104)(H,93,109)(H,94,112)(H,95,107)(H,96,111)(H,102,103)(H2,97,98,113)/t52-,59-,60+,61-,62+,63+,64-,65-,66-,67-,68-,72-/m0/s1. The molecule has 4 aliphatic heterocycles. The maximum Gasteiger partial charge on any atom is 0.315 e. The van der Waals surface area contributed by atoms with Gasteiger partial charge in [0.1, 0.15) is 60.2 Å². The van der Waals surface area contributed by atoms with Gasteiger partial charge in [0.15, 0.2) is 0 Å². The topological polar surface area (TPSA) is 531 Å². The molecule has 12 atom stereocenters. The molecule has 6 heterocycles. The Morgan fingerprint density at radius 3 is 1.69 bits per heavy atom. The number of nitrogens with zero attached hydrogens (tertiary/aromatic N) is 2. The van der Waals surface area contributed by atoms with Crippen LogP contribution in [-0.4, -0.2) is 311 Å². The number of aromatic nitrogens is 3. The molecule has 39 nitrogen and oxygen atoms in total. The van der Waals surface area contributed by atoms with E-state index in [-0.39, 0.29) is 145 Å². The first-order valence-electron chi connectivity index (χ1n) is 43.0. The molecule has 3 aromatic rings. The maximum atomic E-state index is 14.7. The summed E-state index contributed by atoms with van der Waals surface area (Å²) < 4.78 is 44.9. The second-order valence-corrected chi connectivity index (χ2v) is 34.7. The number of ketones is 1. The smallest absolute Gasteiger partial charge is 0.315 e. The lowest BCUT2D eigenvalue weighted by atomic mass is 10.0. The van der Waals surface area contributed by atoms with Gasteiger partial charge in [-0.25, -0.2) is 9.78 Å². The fraction of sp³-hybridized carbons (Fsp3) is 0.683. The molecule has 2 bridgehead atoms. The number of Topliss-reactive ketones (excluding diaryl/α,β-unsaturated/α-hetero) is 1. The van der Waals surface area contributed by atoms with Crippen LogP contribution < -0.4 is 69.1 Å². The lowest BCUT2D eigenvalue weighted by Gasteiger charge is -2.27. The minimum atomic E-state index is -1.56. The Hall–Kier alpha value is -8.85. The number of carboxylic acid groups (broad SMARTS) is 1. The first-order valence-corrected chi connectivity index (χ1v) is 46.5. The summed E-state index contributed by atoms with van der Waals surface area (Å²) in [7, 11) is 2.41. The van der Waals surface area contributed by atoms with Crippen LogP contribution in [0.15, 0.2) is 49.1 Å². The Balaban J connectivity index is 0.802. The van der Waals surface area contributed by atoms with Crippen LogP contribution in [0.4, 0.5) is 4.79 Å². The Bertz CT molecular complexity index is 3900. The Kier molecular flexibility index (Phi) is 46.2. The number of H-pyrrole nitrogens is 1. The van der Waals surface area contributed by atoms with Gasteiger partial charge in [0.05, 0.1) is 124 Å². The molecule has 15 N–H and O–H groups in total. The van der Waals surface area contributed by atoms with Crippen LogP contribution in [0.1, 0.15) is 141 Å². The van der Waals surface area contributed by atoms with Gasteiger partial charge in [0.2, 0.25) is 65.0 Å². The van der Waals surface area contributed by atoms with Crippen LogP contribution in [0.5, 0.6) is 0 Å². The summed E-state index contributed by atoms with van der Waals surface area (Å²) in [6, 6.07) is -2.72. The third-order valence-electron chi connectivity index (χ3n) is 20.9. The Morgan fingerprint density at radius 2 is 1.07 bits per heavy atom. The normalized spacial score (nSPS) is 24.2.